The molecule has 0 aliphatic carbocycles. The highest BCUT2D eigenvalue weighted by Crippen LogP contribution is 2.48. The van der Waals surface area contributed by atoms with Crippen LogP contribution >= 0.6 is 0 Å². The maximum absolute atomic E-state index is 14.3. The van der Waals surface area contributed by atoms with Crippen LogP contribution in [0.3, 0.4) is 0 Å². The Morgan fingerprint density at radius 2 is 1.85 bits per heavy atom. The number of halogens is 6. The van der Waals surface area contributed by atoms with Gasteiger partial charge in [0.25, 0.3) is 0 Å². The van der Waals surface area contributed by atoms with Gasteiger partial charge in [-0.25, -0.2) is 31.6 Å². The minimum atomic E-state index is -4.29. The van der Waals surface area contributed by atoms with Crippen LogP contribution in [0.15, 0.2) is 53.6 Å². The third kappa shape index (κ3) is 4.22. The fourth-order valence-corrected chi connectivity index (χ4v) is 3.43. The third-order valence-electron chi connectivity index (χ3n) is 5.44. The van der Waals surface area contributed by atoms with Crippen molar-refractivity contribution in [2.45, 2.75) is 30.9 Å². The summed E-state index contributed by atoms with van der Waals surface area (Å²) in [5.74, 6) is -5.94. The Morgan fingerprint density at radius 3 is 2.42 bits per heavy atom. The number of aromatic nitrogens is 3. The molecular formula is C21H17F6N3O3. The molecule has 2 aromatic carbocycles. The summed E-state index contributed by atoms with van der Waals surface area (Å²) >= 11 is 0. The highest BCUT2D eigenvalue weighted by molar-refractivity contribution is 5.37. The van der Waals surface area contributed by atoms with Crippen LogP contribution in [0, 0.1) is 11.6 Å². The van der Waals surface area contributed by atoms with Crippen LogP contribution in [-0.2, 0) is 10.3 Å². The Hall–Kier alpha value is -3.28. The molecule has 33 heavy (non-hydrogen) atoms. The highest BCUT2D eigenvalue weighted by Gasteiger charge is 2.54. The van der Waals surface area contributed by atoms with E-state index < -0.39 is 47.9 Å². The van der Waals surface area contributed by atoms with E-state index in [9.17, 15) is 31.1 Å². The Bertz CT molecular complexity index is 1200. The first-order valence-electron chi connectivity index (χ1n) is 9.70. The molecule has 0 N–H and O–H groups in total. The number of nitrogens with zero attached hydrogens (tertiary/aromatic N) is 3. The molecule has 3 aromatic rings. The van der Waals surface area contributed by atoms with Crippen molar-refractivity contribution in [1.29, 1.82) is 0 Å². The smallest absolute Gasteiger partial charge is 0.350 e. The number of ether oxygens (including phenoxy) is 2. The number of rotatable bonds is 8. The first-order valence-corrected chi connectivity index (χ1v) is 9.70. The second-order valence-corrected chi connectivity index (χ2v) is 7.55. The summed E-state index contributed by atoms with van der Waals surface area (Å²) in [5, 5.41) is 4.06. The molecular weight excluding hydrogens is 456 g/mol. The zero-order valence-electron chi connectivity index (χ0n) is 17.0. The molecule has 176 valence electrons. The Morgan fingerprint density at radius 1 is 1.18 bits per heavy atom. The van der Waals surface area contributed by atoms with Crippen LogP contribution in [0.5, 0.6) is 5.75 Å². The SMILES string of the molecule is C[C@H](n1ncn(-c2ccc(OCC(F)(F)C(F)F)cc2)c1=O)[C@]1(c2ccc(F)cc2F)CO1. The lowest BCUT2D eigenvalue weighted by Gasteiger charge is -2.20. The van der Waals surface area contributed by atoms with Crippen molar-refractivity contribution < 1.29 is 35.8 Å². The molecule has 4 rings (SSSR count). The second-order valence-electron chi connectivity index (χ2n) is 7.55. The number of hydrogen-bond acceptors (Lipinski definition) is 4. The van der Waals surface area contributed by atoms with Crippen molar-refractivity contribution in [2.24, 2.45) is 0 Å². The minimum absolute atomic E-state index is 0.0926. The van der Waals surface area contributed by atoms with Gasteiger partial charge in [-0.2, -0.15) is 13.9 Å². The van der Waals surface area contributed by atoms with Crippen LogP contribution in [0.25, 0.3) is 5.69 Å². The first kappa shape index (κ1) is 22.9. The summed E-state index contributed by atoms with van der Waals surface area (Å²) in [5.41, 5.74) is -1.39. The van der Waals surface area contributed by atoms with E-state index in [2.05, 4.69) is 5.10 Å². The average Bonchev–Trinajstić information content (AvgIpc) is 3.48. The molecule has 0 spiro atoms. The van der Waals surface area contributed by atoms with Crippen molar-refractivity contribution in [3.8, 4) is 11.4 Å². The van der Waals surface area contributed by atoms with Crippen LogP contribution in [0.1, 0.15) is 18.5 Å². The molecule has 1 aliphatic rings. The van der Waals surface area contributed by atoms with E-state index in [1.807, 2.05) is 0 Å². The number of hydrogen-bond donors (Lipinski definition) is 0. The number of benzene rings is 2. The topological polar surface area (TPSA) is 61.6 Å². The quantitative estimate of drug-likeness (QED) is 0.366. The van der Waals surface area contributed by atoms with Gasteiger partial charge in [-0.15, -0.1) is 0 Å². The van der Waals surface area contributed by atoms with Crippen molar-refractivity contribution in [3.63, 3.8) is 0 Å². The third-order valence-corrected chi connectivity index (χ3v) is 5.44. The van der Waals surface area contributed by atoms with Crippen molar-refractivity contribution in [1.82, 2.24) is 14.3 Å². The fourth-order valence-electron chi connectivity index (χ4n) is 3.43. The molecule has 0 amide bonds. The van der Waals surface area contributed by atoms with Crippen LogP contribution in [0.4, 0.5) is 26.3 Å². The molecule has 0 radical (unpaired) electrons. The van der Waals surface area contributed by atoms with E-state index >= 15 is 0 Å². The number of epoxide rings is 1. The van der Waals surface area contributed by atoms with E-state index in [0.29, 0.717) is 5.69 Å². The molecule has 1 saturated heterocycles. The van der Waals surface area contributed by atoms with Crippen molar-refractivity contribution in [3.05, 3.63) is 76.5 Å². The van der Waals surface area contributed by atoms with Gasteiger partial charge in [0.15, 0.2) is 6.61 Å². The molecule has 0 unspecified atom stereocenters. The normalized spacial score (nSPS) is 19.0. The fraction of sp³-hybridized carbons (Fsp3) is 0.333. The van der Waals surface area contributed by atoms with Crippen molar-refractivity contribution in [2.75, 3.05) is 13.2 Å². The number of alkyl halides is 4. The highest BCUT2D eigenvalue weighted by atomic mass is 19.3. The van der Waals surface area contributed by atoms with Crippen LogP contribution in [0.2, 0.25) is 0 Å². The van der Waals surface area contributed by atoms with Gasteiger partial charge in [-0.1, -0.05) is 6.07 Å². The Kier molecular flexibility index (Phi) is 5.72. The first-order chi connectivity index (χ1) is 15.5. The molecule has 6 nitrogen and oxygen atoms in total. The maximum Gasteiger partial charge on any atom is 0.350 e. The Labute approximate surface area is 183 Å². The summed E-state index contributed by atoms with van der Waals surface area (Å²) in [4.78, 5) is 12.9. The zero-order chi connectivity index (χ0) is 24.0. The molecule has 2 atom stereocenters. The average molecular weight is 473 g/mol. The Balaban J connectivity index is 1.54. The molecule has 1 aromatic heterocycles. The molecule has 0 saturated carbocycles. The van der Waals surface area contributed by atoms with Crippen LogP contribution in [-0.4, -0.2) is 39.9 Å². The lowest BCUT2D eigenvalue weighted by molar-refractivity contribution is -0.148. The lowest BCUT2D eigenvalue weighted by atomic mass is 9.92. The summed E-state index contributed by atoms with van der Waals surface area (Å²) < 4.78 is 90.4. The van der Waals surface area contributed by atoms with Gasteiger partial charge in [0, 0.05) is 11.6 Å². The van der Waals surface area contributed by atoms with Crippen LogP contribution < -0.4 is 10.4 Å². The largest absolute Gasteiger partial charge is 0.487 e. The van der Waals surface area contributed by atoms with E-state index in [1.165, 1.54) is 36.7 Å². The van der Waals surface area contributed by atoms with Gasteiger partial charge >= 0.3 is 18.0 Å². The van der Waals surface area contributed by atoms with E-state index in [0.717, 1.165) is 21.4 Å². The molecule has 2 heterocycles. The van der Waals surface area contributed by atoms with Gasteiger partial charge in [-0.3, -0.25) is 0 Å². The second kappa shape index (κ2) is 8.25. The van der Waals surface area contributed by atoms with Gasteiger partial charge in [-0.05, 0) is 37.3 Å². The molecule has 12 heteroatoms. The van der Waals surface area contributed by atoms with Gasteiger partial charge in [0.1, 0.15) is 29.3 Å². The summed E-state index contributed by atoms with van der Waals surface area (Å²) in [6, 6.07) is 7.53. The standard InChI is InChI=1S/C21H17F6N3O3/c1-12(20(9-33-20)16-7-2-13(22)8-17(16)23)30-19(31)29(11-28-30)14-3-5-15(6-4-14)32-10-21(26,27)18(24)25/h2-8,11-12,18H,9-10H2,1H3/t12-,20-/m0/s1. The minimum Gasteiger partial charge on any atom is -0.487 e. The van der Waals surface area contributed by atoms with E-state index in [-0.39, 0.29) is 17.9 Å². The maximum atomic E-state index is 14.3. The van der Waals surface area contributed by atoms with E-state index in [4.69, 9.17) is 9.47 Å². The van der Waals surface area contributed by atoms with Crippen molar-refractivity contribution >= 4 is 0 Å². The summed E-state index contributed by atoms with van der Waals surface area (Å²) in [6.45, 7) is 0.210. The monoisotopic (exact) mass is 473 g/mol. The molecule has 0 bridgehead atoms. The van der Waals surface area contributed by atoms with E-state index in [1.54, 1.807) is 6.92 Å². The van der Waals surface area contributed by atoms with Gasteiger partial charge < -0.3 is 9.47 Å². The lowest BCUT2D eigenvalue weighted by Crippen LogP contribution is -2.34. The summed E-state index contributed by atoms with van der Waals surface area (Å²) in [7, 11) is 0. The molecule has 1 fully saturated rings. The zero-order valence-corrected chi connectivity index (χ0v) is 17.0. The van der Waals surface area contributed by atoms with Gasteiger partial charge in [0.2, 0.25) is 0 Å². The predicted molar refractivity (Wildman–Crippen MR) is 103 cm³/mol. The predicted octanol–water partition coefficient (Wildman–Crippen LogP) is 4.08. The molecule has 1 aliphatic heterocycles. The summed E-state index contributed by atoms with van der Waals surface area (Å²) in [6.07, 6.45) is -2.65. The van der Waals surface area contributed by atoms with Gasteiger partial charge in [0.05, 0.1) is 18.3 Å².